The molecule has 0 bridgehead atoms. The number of anilines is 1. The first-order chi connectivity index (χ1) is 6.75. The Morgan fingerprint density at radius 1 is 1.36 bits per heavy atom. The van der Waals surface area contributed by atoms with E-state index in [0.717, 1.165) is 30.4 Å². The third-order valence-electron chi connectivity index (χ3n) is 2.21. The molecule has 1 aliphatic heterocycles. The van der Waals surface area contributed by atoms with Gasteiger partial charge >= 0.3 is 0 Å². The van der Waals surface area contributed by atoms with Gasteiger partial charge in [0.15, 0.2) is 0 Å². The van der Waals surface area contributed by atoms with E-state index < -0.39 is 10.8 Å². The van der Waals surface area contributed by atoms with Gasteiger partial charge in [0.25, 0.3) is 0 Å². The Kier molecular flexibility index (Phi) is 3.03. The van der Waals surface area contributed by atoms with Gasteiger partial charge in [-0.15, -0.1) is 0 Å². The molecule has 1 fully saturated rings. The third kappa shape index (κ3) is 2.25. The molecule has 1 aliphatic rings. The molecule has 0 unspecified atom stereocenters. The van der Waals surface area contributed by atoms with Crippen LogP contribution in [0.15, 0.2) is 18.3 Å². The van der Waals surface area contributed by atoms with Crippen LogP contribution in [0.5, 0.6) is 0 Å². The van der Waals surface area contributed by atoms with Gasteiger partial charge in [-0.3, -0.25) is 4.21 Å². The average molecular weight is 231 g/mol. The molecular weight excluding hydrogens is 220 g/mol. The largest absolute Gasteiger partial charge is 0.355 e. The van der Waals surface area contributed by atoms with E-state index >= 15 is 0 Å². The molecule has 0 atom stereocenters. The first-order valence-corrected chi connectivity index (χ1v) is 6.34. The lowest BCUT2D eigenvalue weighted by atomic mass is 10.4. The van der Waals surface area contributed by atoms with Gasteiger partial charge < -0.3 is 4.90 Å². The second-order valence-electron chi connectivity index (χ2n) is 3.17. The fourth-order valence-corrected chi connectivity index (χ4v) is 2.59. The Morgan fingerprint density at radius 2 is 2.07 bits per heavy atom. The maximum absolute atomic E-state index is 11.1. The number of hydrogen-bond acceptors (Lipinski definition) is 3. The van der Waals surface area contributed by atoms with Crippen LogP contribution in [0.2, 0.25) is 5.02 Å². The summed E-state index contributed by atoms with van der Waals surface area (Å²) >= 11 is 5.74. The van der Waals surface area contributed by atoms with Gasteiger partial charge in [0.1, 0.15) is 5.82 Å². The summed E-state index contributed by atoms with van der Waals surface area (Å²) in [7, 11) is -0.635. The summed E-state index contributed by atoms with van der Waals surface area (Å²) in [6, 6.07) is 3.73. The lowest BCUT2D eigenvalue weighted by Gasteiger charge is -2.27. The zero-order valence-electron chi connectivity index (χ0n) is 7.65. The molecule has 0 spiro atoms. The first-order valence-electron chi connectivity index (χ1n) is 4.47. The van der Waals surface area contributed by atoms with Gasteiger partial charge in [-0.05, 0) is 12.1 Å². The summed E-state index contributed by atoms with van der Waals surface area (Å²) in [5.74, 6) is 2.40. The van der Waals surface area contributed by atoms with Crippen LogP contribution in [0, 0.1) is 0 Å². The molecule has 2 rings (SSSR count). The van der Waals surface area contributed by atoms with Crippen LogP contribution in [-0.4, -0.2) is 33.8 Å². The van der Waals surface area contributed by atoms with E-state index in [0.29, 0.717) is 5.02 Å². The van der Waals surface area contributed by atoms with E-state index in [1.165, 1.54) is 0 Å². The Morgan fingerprint density at radius 3 is 2.64 bits per heavy atom. The Balaban J connectivity index is 2.08. The molecule has 5 heteroatoms. The van der Waals surface area contributed by atoms with Crippen molar-refractivity contribution in [3.05, 3.63) is 23.4 Å². The predicted molar refractivity (Wildman–Crippen MR) is 59.3 cm³/mol. The monoisotopic (exact) mass is 230 g/mol. The molecule has 3 nitrogen and oxygen atoms in total. The summed E-state index contributed by atoms with van der Waals surface area (Å²) in [5.41, 5.74) is 0. The van der Waals surface area contributed by atoms with Crippen LogP contribution in [-0.2, 0) is 10.8 Å². The quantitative estimate of drug-likeness (QED) is 0.729. The van der Waals surface area contributed by atoms with E-state index in [9.17, 15) is 4.21 Å². The molecule has 1 aromatic rings. The van der Waals surface area contributed by atoms with E-state index in [4.69, 9.17) is 11.6 Å². The molecule has 2 heterocycles. The molecule has 14 heavy (non-hydrogen) atoms. The summed E-state index contributed by atoms with van der Waals surface area (Å²) in [5, 5.41) is 0.648. The SMILES string of the molecule is O=S1CCN(c2ccc(Cl)cn2)CC1. The molecule has 0 radical (unpaired) electrons. The molecule has 0 saturated carbocycles. The third-order valence-corrected chi connectivity index (χ3v) is 3.71. The molecule has 1 saturated heterocycles. The van der Waals surface area contributed by atoms with Crippen molar-refractivity contribution in [1.29, 1.82) is 0 Å². The fourth-order valence-electron chi connectivity index (χ4n) is 1.42. The summed E-state index contributed by atoms with van der Waals surface area (Å²) in [4.78, 5) is 6.36. The highest BCUT2D eigenvalue weighted by Crippen LogP contribution is 2.15. The van der Waals surface area contributed by atoms with Crippen LogP contribution in [0.4, 0.5) is 5.82 Å². The van der Waals surface area contributed by atoms with Gasteiger partial charge in [0, 0.05) is 41.6 Å². The molecule has 76 valence electrons. The van der Waals surface area contributed by atoms with Crippen molar-refractivity contribution in [2.75, 3.05) is 29.5 Å². The van der Waals surface area contributed by atoms with E-state index in [-0.39, 0.29) is 0 Å². The standard InChI is InChI=1S/C9H11ClN2OS/c10-8-1-2-9(11-7-8)12-3-5-14(13)6-4-12/h1-2,7H,3-6H2. The Labute approximate surface area is 90.5 Å². The smallest absolute Gasteiger partial charge is 0.128 e. The van der Waals surface area contributed by atoms with Gasteiger partial charge in [-0.2, -0.15) is 0 Å². The van der Waals surface area contributed by atoms with Crippen molar-refractivity contribution in [3.8, 4) is 0 Å². The van der Waals surface area contributed by atoms with Crippen molar-refractivity contribution >= 4 is 28.2 Å². The van der Waals surface area contributed by atoms with Crippen molar-refractivity contribution in [2.24, 2.45) is 0 Å². The molecule has 0 N–H and O–H groups in total. The zero-order valence-corrected chi connectivity index (χ0v) is 9.22. The van der Waals surface area contributed by atoms with Crippen molar-refractivity contribution in [3.63, 3.8) is 0 Å². The average Bonchev–Trinajstić information content (AvgIpc) is 2.21. The minimum atomic E-state index is -0.635. The summed E-state index contributed by atoms with van der Waals surface area (Å²) < 4.78 is 11.1. The van der Waals surface area contributed by atoms with Crippen LogP contribution < -0.4 is 4.90 Å². The lowest BCUT2D eigenvalue weighted by molar-refractivity contribution is 0.672. The number of aromatic nitrogens is 1. The highest BCUT2D eigenvalue weighted by Gasteiger charge is 2.15. The first kappa shape index (κ1) is 9.93. The number of pyridine rings is 1. The molecule has 0 aliphatic carbocycles. The van der Waals surface area contributed by atoms with Crippen LogP contribution in [0.25, 0.3) is 0 Å². The maximum Gasteiger partial charge on any atom is 0.128 e. The maximum atomic E-state index is 11.1. The van der Waals surface area contributed by atoms with Gasteiger partial charge in [-0.1, -0.05) is 11.6 Å². The Bertz CT molecular complexity index is 331. The summed E-state index contributed by atoms with van der Waals surface area (Å²) in [6.07, 6.45) is 1.64. The minimum Gasteiger partial charge on any atom is -0.355 e. The lowest BCUT2D eigenvalue weighted by Crippen LogP contribution is -2.38. The van der Waals surface area contributed by atoms with Gasteiger partial charge in [-0.25, -0.2) is 4.98 Å². The fraction of sp³-hybridized carbons (Fsp3) is 0.444. The van der Waals surface area contributed by atoms with Crippen LogP contribution in [0.1, 0.15) is 0 Å². The topological polar surface area (TPSA) is 33.2 Å². The van der Waals surface area contributed by atoms with Gasteiger partial charge in [0.2, 0.25) is 0 Å². The molecule has 0 amide bonds. The van der Waals surface area contributed by atoms with E-state index in [1.54, 1.807) is 6.20 Å². The normalized spacial score (nSPS) is 18.5. The van der Waals surface area contributed by atoms with Gasteiger partial charge in [0.05, 0.1) is 5.02 Å². The highest BCUT2D eigenvalue weighted by molar-refractivity contribution is 7.85. The van der Waals surface area contributed by atoms with Crippen LogP contribution >= 0.6 is 11.6 Å². The van der Waals surface area contributed by atoms with E-state index in [2.05, 4.69) is 9.88 Å². The number of halogens is 1. The number of hydrogen-bond donors (Lipinski definition) is 0. The molecular formula is C9H11ClN2OS. The molecule has 0 aromatic carbocycles. The van der Waals surface area contributed by atoms with Crippen molar-refractivity contribution < 1.29 is 4.21 Å². The van der Waals surface area contributed by atoms with Crippen molar-refractivity contribution in [1.82, 2.24) is 4.98 Å². The second kappa shape index (κ2) is 4.28. The number of rotatable bonds is 1. The highest BCUT2D eigenvalue weighted by atomic mass is 35.5. The van der Waals surface area contributed by atoms with Crippen molar-refractivity contribution in [2.45, 2.75) is 0 Å². The number of nitrogens with zero attached hydrogens (tertiary/aromatic N) is 2. The minimum absolute atomic E-state index is 0.635. The second-order valence-corrected chi connectivity index (χ2v) is 5.30. The molecule has 1 aromatic heterocycles. The van der Waals surface area contributed by atoms with Crippen LogP contribution in [0.3, 0.4) is 0 Å². The summed E-state index contributed by atoms with van der Waals surface area (Å²) in [6.45, 7) is 1.64. The predicted octanol–water partition coefficient (Wildman–Crippen LogP) is 1.30. The zero-order chi connectivity index (χ0) is 9.97. The Hall–Kier alpha value is -0.610. The van der Waals surface area contributed by atoms with E-state index in [1.807, 2.05) is 12.1 Å².